The van der Waals surface area contributed by atoms with Crippen molar-refractivity contribution in [3.05, 3.63) is 72.2 Å². The molecular formula is C18H10F4N2O. The fraction of sp³-hybridized carbons (Fsp3) is 0.0556. The Kier molecular flexibility index (Phi) is 3.38. The van der Waals surface area contributed by atoms with Gasteiger partial charge in [0, 0.05) is 0 Å². The smallest absolute Gasteiger partial charge is 0.435 e. The Labute approximate surface area is 139 Å². The summed E-state index contributed by atoms with van der Waals surface area (Å²) in [5.74, 6) is -0.563. The molecule has 2 aromatic carbocycles. The zero-order valence-electron chi connectivity index (χ0n) is 12.6. The maximum absolute atomic E-state index is 14.0. The lowest BCUT2D eigenvalue weighted by molar-refractivity contribution is -0.140. The SMILES string of the molecule is Fc1ccccc1-c1cc2c(C(F)(F)F)nn(-c3ccccc3)c2o1. The van der Waals surface area contributed by atoms with Crippen LogP contribution in [0.5, 0.6) is 0 Å². The number of nitrogens with zero attached hydrogens (tertiary/aromatic N) is 2. The summed E-state index contributed by atoms with van der Waals surface area (Å²) >= 11 is 0. The van der Waals surface area contributed by atoms with Crippen LogP contribution in [0.15, 0.2) is 65.1 Å². The Bertz CT molecular complexity index is 1050. The number of benzene rings is 2. The molecule has 25 heavy (non-hydrogen) atoms. The molecule has 0 radical (unpaired) electrons. The first-order valence-corrected chi connectivity index (χ1v) is 7.35. The Hall–Kier alpha value is -3.09. The van der Waals surface area contributed by atoms with Crippen LogP contribution in [0.2, 0.25) is 0 Å². The van der Waals surface area contributed by atoms with Crippen LogP contribution in [-0.2, 0) is 6.18 Å². The minimum absolute atomic E-state index is 0.0145. The van der Waals surface area contributed by atoms with E-state index in [4.69, 9.17) is 4.42 Å². The highest BCUT2D eigenvalue weighted by atomic mass is 19.4. The van der Waals surface area contributed by atoms with Crippen molar-refractivity contribution >= 4 is 11.1 Å². The molecule has 0 saturated heterocycles. The molecular weight excluding hydrogens is 336 g/mol. The number of halogens is 4. The third-order valence-electron chi connectivity index (χ3n) is 3.77. The van der Waals surface area contributed by atoms with Gasteiger partial charge in [-0.05, 0) is 30.3 Å². The molecule has 4 aromatic rings. The Morgan fingerprint density at radius 2 is 1.60 bits per heavy atom. The summed E-state index contributed by atoms with van der Waals surface area (Å²) in [6.45, 7) is 0. The van der Waals surface area contributed by atoms with Gasteiger partial charge in [0.25, 0.3) is 0 Å². The average molecular weight is 346 g/mol. The van der Waals surface area contributed by atoms with E-state index in [1.54, 1.807) is 36.4 Å². The molecule has 0 unspecified atom stereocenters. The number of hydrogen-bond donors (Lipinski definition) is 0. The monoisotopic (exact) mass is 346 g/mol. The summed E-state index contributed by atoms with van der Waals surface area (Å²) in [6, 6.07) is 15.2. The summed E-state index contributed by atoms with van der Waals surface area (Å²) in [6.07, 6.45) is -4.66. The quantitative estimate of drug-likeness (QED) is 0.452. The van der Waals surface area contributed by atoms with E-state index in [0.717, 1.165) is 4.68 Å². The summed E-state index contributed by atoms with van der Waals surface area (Å²) in [4.78, 5) is 0. The fourth-order valence-electron chi connectivity index (χ4n) is 2.66. The molecule has 0 aliphatic rings. The summed E-state index contributed by atoms with van der Waals surface area (Å²) in [5, 5.41) is 3.44. The van der Waals surface area contributed by atoms with Gasteiger partial charge in [0.1, 0.15) is 11.6 Å². The van der Waals surface area contributed by atoms with Crippen molar-refractivity contribution < 1.29 is 22.0 Å². The summed E-state index contributed by atoms with van der Waals surface area (Å²) < 4.78 is 60.6. The lowest BCUT2D eigenvalue weighted by atomic mass is 10.1. The van der Waals surface area contributed by atoms with Crippen LogP contribution < -0.4 is 0 Å². The van der Waals surface area contributed by atoms with Crippen LogP contribution in [0, 0.1) is 5.82 Å². The number of aromatic nitrogens is 2. The zero-order valence-corrected chi connectivity index (χ0v) is 12.6. The Morgan fingerprint density at radius 3 is 2.28 bits per heavy atom. The second-order valence-electron chi connectivity index (χ2n) is 5.40. The van der Waals surface area contributed by atoms with E-state index in [1.165, 1.54) is 24.3 Å². The second-order valence-corrected chi connectivity index (χ2v) is 5.40. The molecule has 0 bridgehead atoms. The lowest BCUT2D eigenvalue weighted by Crippen LogP contribution is -2.07. The molecule has 0 spiro atoms. The first-order valence-electron chi connectivity index (χ1n) is 7.35. The minimum atomic E-state index is -4.66. The topological polar surface area (TPSA) is 31.0 Å². The highest BCUT2D eigenvalue weighted by molar-refractivity contribution is 5.84. The van der Waals surface area contributed by atoms with Gasteiger partial charge in [-0.1, -0.05) is 30.3 Å². The summed E-state index contributed by atoms with van der Waals surface area (Å²) in [7, 11) is 0. The van der Waals surface area contributed by atoms with Crippen LogP contribution in [-0.4, -0.2) is 9.78 Å². The third kappa shape index (κ3) is 2.57. The van der Waals surface area contributed by atoms with Crippen molar-refractivity contribution in [2.75, 3.05) is 0 Å². The van der Waals surface area contributed by atoms with Crippen molar-refractivity contribution in [2.45, 2.75) is 6.18 Å². The van der Waals surface area contributed by atoms with Crippen LogP contribution >= 0.6 is 0 Å². The number of furan rings is 1. The summed E-state index contributed by atoms with van der Waals surface area (Å²) in [5.41, 5.74) is -0.654. The molecule has 0 aliphatic heterocycles. The van der Waals surface area contributed by atoms with E-state index in [2.05, 4.69) is 5.10 Å². The molecule has 126 valence electrons. The predicted octanol–water partition coefficient (Wildman–Crippen LogP) is 5.44. The van der Waals surface area contributed by atoms with Gasteiger partial charge in [0.15, 0.2) is 5.69 Å². The van der Waals surface area contributed by atoms with Gasteiger partial charge in [-0.3, -0.25) is 0 Å². The van der Waals surface area contributed by atoms with Crippen LogP contribution in [0.4, 0.5) is 17.6 Å². The molecule has 0 saturated carbocycles. The van der Waals surface area contributed by atoms with E-state index in [-0.39, 0.29) is 22.4 Å². The molecule has 2 heterocycles. The standard InChI is InChI=1S/C18H10F4N2O/c19-14-9-5-4-8-12(14)15-10-13-16(18(20,21)22)23-24(17(13)25-15)11-6-2-1-3-7-11/h1-10H. The van der Waals surface area contributed by atoms with Gasteiger partial charge in [-0.2, -0.15) is 23.0 Å². The third-order valence-corrected chi connectivity index (χ3v) is 3.77. The van der Waals surface area contributed by atoms with E-state index in [9.17, 15) is 17.6 Å². The minimum Gasteiger partial charge on any atom is -0.437 e. The number of rotatable bonds is 2. The molecule has 0 atom stereocenters. The fourth-order valence-corrected chi connectivity index (χ4v) is 2.66. The van der Waals surface area contributed by atoms with Crippen molar-refractivity contribution in [3.8, 4) is 17.0 Å². The van der Waals surface area contributed by atoms with E-state index >= 15 is 0 Å². The van der Waals surface area contributed by atoms with Gasteiger partial charge in [-0.15, -0.1) is 0 Å². The number of hydrogen-bond acceptors (Lipinski definition) is 2. The maximum atomic E-state index is 14.0. The molecule has 4 rings (SSSR count). The molecule has 0 aliphatic carbocycles. The van der Waals surface area contributed by atoms with Gasteiger partial charge in [0.2, 0.25) is 5.71 Å². The molecule has 0 N–H and O–H groups in total. The van der Waals surface area contributed by atoms with Crippen molar-refractivity contribution in [1.29, 1.82) is 0 Å². The number of fused-ring (bicyclic) bond motifs is 1. The van der Waals surface area contributed by atoms with Gasteiger partial charge in [0.05, 0.1) is 16.6 Å². The van der Waals surface area contributed by atoms with Crippen LogP contribution in [0.3, 0.4) is 0 Å². The molecule has 3 nitrogen and oxygen atoms in total. The Morgan fingerprint density at radius 1 is 0.920 bits per heavy atom. The molecule has 0 amide bonds. The van der Waals surface area contributed by atoms with Crippen LogP contribution in [0.25, 0.3) is 28.1 Å². The zero-order chi connectivity index (χ0) is 17.6. The van der Waals surface area contributed by atoms with Crippen molar-refractivity contribution in [3.63, 3.8) is 0 Å². The van der Waals surface area contributed by atoms with Crippen molar-refractivity contribution in [1.82, 2.24) is 9.78 Å². The van der Waals surface area contributed by atoms with Crippen LogP contribution in [0.1, 0.15) is 5.69 Å². The maximum Gasteiger partial charge on any atom is 0.435 e. The molecule has 0 fully saturated rings. The van der Waals surface area contributed by atoms with E-state index < -0.39 is 17.7 Å². The number of alkyl halides is 3. The van der Waals surface area contributed by atoms with Gasteiger partial charge >= 0.3 is 6.18 Å². The molecule has 7 heteroatoms. The average Bonchev–Trinajstić information content (AvgIpc) is 3.14. The highest BCUT2D eigenvalue weighted by Crippen LogP contribution is 2.39. The highest BCUT2D eigenvalue weighted by Gasteiger charge is 2.38. The van der Waals surface area contributed by atoms with Gasteiger partial charge in [-0.25, -0.2) is 4.39 Å². The number of para-hydroxylation sites is 1. The molecule has 2 aromatic heterocycles. The predicted molar refractivity (Wildman–Crippen MR) is 83.7 cm³/mol. The van der Waals surface area contributed by atoms with Gasteiger partial charge < -0.3 is 4.42 Å². The van der Waals surface area contributed by atoms with E-state index in [1.807, 2.05) is 0 Å². The lowest BCUT2D eigenvalue weighted by Gasteiger charge is -2.04. The first kappa shape index (κ1) is 15.4. The first-order chi connectivity index (χ1) is 11.9. The van der Waals surface area contributed by atoms with Crippen molar-refractivity contribution in [2.24, 2.45) is 0 Å². The largest absolute Gasteiger partial charge is 0.437 e. The Balaban J connectivity index is 2.00. The van der Waals surface area contributed by atoms with E-state index in [0.29, 0.717) is 5.69 Å². The normalized spacial score (nSPS) is 12.0. The second kappa shape index (κ2) is 5.47.